The van der Waals surface area contributed by atoms with Crippen molar-refractivity contribution in [3.05, 3.63) is 0 Å². The van der Waals surface area contributed by atoms with Crippen molar-refractivity contribution in [3.63, 3.8) is 0 Å². The highest BCUT2D eigenvalue weighted by Crippen LogP contribution is 2.25. The molecule has 1 saturated heterocycles. The lowest BCUT2D eigenvalue weighted by Crippen LogP contribution is -2.51. The summed E-state index contributed by atoms with van der Waals surface area (Å²) >= 11 is 0. The third-order valence-electron chi connectivity index (χ3n) is 3.55. The van der Waals surface area contributed by atoms with Crippen molar-refractivity contribution in [2.45, 2.75) is 52.5 Å². The highest BCUT2D eigenvalue weighted by Gasteiger charge is 2.29. The number of hydrogen-bond donors (Lipinski definition) is 1. The summed E-state index contributed by atoms with van der Waals surface area (Å²) in [6.07, 6.45) is 3.48. The Kier molecular flexibility index (Phi) is 4.36. The zero-order chi connectivity index (χ0) is 12.3. The van der Waals surface area contributed by atoms with E-state index >= 15 is 0 Å². The summed E-state index contributed by atoms with van der Waals surface area (Å²) in [5, 5.41) is 0. The van der Waals surface area contributed by atoms with E-state index in [1.165, 1.54) is 6.42 Å². The summed E-state index contributed by atoms with van der Waals surface area (Å²) in [5.41, 5.74) is 5.14. The van der Waals surface area contributed by atoms with Gasteiger partial charge in [-0.05, 0) is 44.9 Å². The van der Waals surface area contributed by atoms with Crippen molar-refractivity contribution in [2.75, 3.05) is 13.1 Å². The molecule has 0 saturated carbocycles. The third kappa shape index (κ3) is 3.48. The molecule has 1 aliphatic rings. The second-order valence-electron chi connectivity index (χ2n) is 5.95. The fourth-order valence-corrected chi connectivity index (χ4v) is 2.40. The average Bonchev–Trinajstić information content (AvgIpc) is 2.39. The molecular weight excluding hydrogens is 200 g/mol. The molecule has 0 spiro atoms. The molecular formula is C13H26N2O. The van der Waals surface area contributed by atoms with Gasteiger partial charge in [-0.15, -0.1) is 0 Å². The lowest BCUT2D eigenvalue weighted by Gasteiger charge is -2.28. The molecule has 1 atom stereocenters. The van der Waals surface area contributed by atoms with E-state index in [1.807, 2.05) is 4.90 Å². The number of hydrogen-bond acceptors (Lipinski definition) is 2. The zero-order valence-electron chi connectivity index (χ0n) is 11.1. The van der Waals surface area contributed by atoms with Crippen LogP contribution in [0.4, 0.5) is 0 Å². The van der Waals surface area contributed by atoms with Crippen LogP contribution in [-0.2, 0) is 4.79 Å². The van der Waals surface area contributed by atoms with E-state index in [0.717, 1.165) is 37.8 Å². The van der Waals surface area contributed by atoms with Gasteiger partial charge in [0, 0.05) is 13.1 Å². The highest BCUT2D eigenvalue weighted by atomic mass is 16.2. The van der Waals surface area contributed by atoms with Crippen LogP contribution in [0.15, 0.2) is 0 Å². The monoisotopic (exact) mass is 226 g/mol. The Morgan fingerprint density at radius 3 is 2.44 bits per heavy atom. The van der Waals surface area contributed by atoms with E-state index in [-0.39, 0.29) is 5.91 Å². The van der Waals surface area contributed by atoms with Crippen LogP contribution in [0.5, 0.6) is 0 Å². The summed E-state index contributed by atoms with van der Waals surface area (Å²) < 4.78 is 0. The smallest absolute Gasteiger partial charge is 0.242 e. The van der Waals surface area contributed by atoms with Crippen LogP contribution < -0.4 is 5.73 Å². The Morgan fingerprint density at radius 2 is 1.94 bits per heavy atom. The van der Waals surface area contributed by atoms with E-state index in [9.17, 15) is 4.79 Å². The molecule has 0 radical (unpaired) electrons. The van der Waals surface area contributed by atoms with Gasteiger partial charge in [-0.3, -0.25) is 4.79 Å². The molecule has 1 fully saturated rings. The van der Waals surface area contributed by atoms with Gasteiger partial charge < -0.3 is 10.6 Å². The molecule has 1 heterocycles. The molecule has 0 aromatic heterocycles. The topological polar surface area (TPSA) is 46.3 Å². The SMILES string of the molecule is CC(C)C1CCCN(C(=O)C(C)(C)N)CC1. The van der Waals surface area contributed by atoms with Gasteiger partial charge in [0.25, 0.3) is 0 Å². The first kappa shape index (κ1) is 13.5. The molecule has 0 aliphatic carbocycles. The third-order valence-corrected chi connectivity index (χ3v) is 3.55. The number of amides is 1. The van der Waals surface area contributed by atoms with Crippen LogP contribution in [0.1, 0.15) is 47.0 Å². The first-order valence-electron chi connectivity index (χ1n) is 6.40. The minimum absolute atomic E-state index is 0.0944. The van der Waals surface area contributed by atoms with Gasteiger partial charge in [-0.2, -0.15) is 0 Å². The second kappa shape index (κ2) is 5.17. The van der Waals surface area contributed by atoms with E-state index in [4.69, 9.17) is 5.73 Å². The standard InChI is InChI=1S/C13H26N2O/c1-10(2)11-6-5-8-15(9-7-11)12(16)13(3,4)14/h10-11H,5-9,14H2,1-4H3. The molecule has 0 aromatic rings. The molecule has 3 nitrogen and oxygen atoms in total. The predicted octanol–water partition coefficient (Wildman–Crippen LogP) is 2.01. The van der Waals surface area contributed by atoms with Crippen molar-refractivity contribution in [1.82, 2.24) is 4.90 Å². The molecule has 2 N–H and O–H groups in total. The quantitative estimate of drug-likeness (QED) is 0.783. The fourth-order valence-electron chi connectivity index (χ4n) is 2.40. The number of rotatable bonds is 2. The Hall–Kier alpha value is -0.570. The summed E-state index contributed by atoms with van der Waals surface area (Å²) in [5.74, 6) is 1.58. The van der Waals surface area contributed by atoms with E-state index < -0.39 is 5.54 Å². The molecule has 1 aliphatic heterocycles. The maximum atomic E-state index is 12.0. The average molecular weight is 226 g/mol. The maximum Gasteiger partial charge on any atom is 0.242 e. The molecule has 94 valence electrons. The van der Waals surface area contributed by atoms with E-state index in [0.29, 0.717) is 0 Å². The molecule has 1 amide bonds. The first-order chi connectivity index (χ1) is 7.32. The number of carbonyl (C=O) groups excluding carboxylic acids is 1. The van der Waals surface area contributed by atoms with Gasteiger partial charge in [-0.25, -0.2) is 0 Å². The number of likely N-dealkylation sites (tertiary alicyclic amines) is 1. The zero-order valence-corrected chi connectivity index (χ0v) is 11.1. The minimum atomic E-state index is -0.725. The molecule has 1 unspecified atom stereocenters. The summed E-state index contributed by atoms with van der Waals surface area (Å²) in [6.45, 7) is 9.88. The van der Waals surface area contributed by atoms with Crippen molar-refractivity contribution < 1.29 is 4.79 Å². The van der Waals surface area contributed by atoms with Gasteiger partial charge in [-0.1, -0.05) is 13.8 Å². The maximum absolute atomic E-state index is 12.0. The summed E-state index contributed by atoms with van der Waals surface area (Å²) in [6, 6.07) is 0. The Balaban J connectivity index is 2.57. The minimum Gasteiger partial charge on any atom is -0.341 e. The van der Waals surface area contributed by atoms with Crippen LogP contribution in [-0.4, -0.2) is 29.4 Å². The molecule has 1 rings (SSSR count). The Bertz CT molecular complexity index is 243. The van der Waals surface area contributed by atoms with Crippen LogP contribution in [0.2, 0.25) is 0 Å². The second-order valence-corrected chi connectivity index (χ2v) is 5.95. The van der Waals surface area contributed by atoms with Crippen molar-refractivity contribution in [1.29, 1.82) is 0 Å². The van der Waals surface area contributed by atoms with Crippen LogP contribution >= 0.6 is 0 Å². The molecule has 3 heteroatoms. The van der Waals surface area contributed by atoms with Gasteiger partial charge in [0.1, 0.15) is 0 Å². The number of nitrogens with zero attached hydrogens (tertiary/aromatic N) is 1. The van der Waals surface area contributed by atoms with Gasteiger partial charge in [0.15, 0.2) is 0 Å². The van der Waals surface area contributed by atoms with Gasteiger partial charge in [0.2, 0.25) is 5.91 Å². The lowest BCUT2D eigenvalue weighted by atomic mass is 9.89. The first-order valence-corrected chi connectivity index (χ1v) is 6.40. The fraction of sp³-hybridized carbons (Fsp3) is 0.923. The Labute approximate surface area is 99.4 Å². The van der Waals surface area contributed by atoms with Crippen molar-refractivity contribution in [3.8, 4) is 0 Å². The molecule has 16 heavy (non-hydrogen) atoms. The summed E-state index contributed by atoms with van der Waals surface area (Å²) in [7, 11) is 0. The number of carbonyl (C=O) groups is 1. The van der Waals surface area contributed by atoms with Crippen molar-refractivity contribution in [2.24, 2.45) is 17.6 Å². The number of nitrogens with two attached hydrogens (primary N) is 1. The van der Waals surface area contributed by atoms with Crippen LogP contribution in [0.3, 0.4) is 0 Å². The molecule has 0 aromatic carbocycles. The normalized spacial score (nSPS) is 23.4. The lowest BCUT2D eigenvalue weighted by molar-refractivity contribution is -0.135. The molecule has 0 bridgehead atoms. The van der Waals surface area contributed by atoms with Gasteiger partial charge >= 0.3 is 0 Å². The van der Waals surface area contributed by atoms with Crippen LogP contribution in [0, 0.1) is 11.8 Å². The largest absolute Gasteiger partial charge is 0.341 e. The predicted molar refractivity (Wildman–Crippen MR) is 67.0 cm³/mol. The van der Waals surface area contributed by atoms with Crippen molar-refractivity contribution >= 4 is 5.91 Å². The van der Waals surface area contributed by atoms with Crippen LogP contribution in [0.25, 0.3) is 0 Å². The summed E-state index contributed by atoms with van der Waals surface area (Å²) in [4.78, 5) is 14.0. The van der Waals surface area contributed by atoms with E-state index in [2.05, 4.69) is 13.8 Å². The van der Waals surface area contributed by atoms with E-state index in [1.54, 1.807) is 13.8 Å². The highest BCUT2D eigenvalue weighted by molar-refractivity contribution is 5.85. The van der Waals surface area contributed by atoms with Gasteiger partial charge in [0.05, 0.1) is 5.54 Å². The Morgan fingerprint density at radius 1 is 1.31 bits per heavy atom.